The first-order chi connectivity index (χ1) is 9.60. The van der Waals surface area contributed by atoms with E-state index in [-0.39, 0.29) is 12.4 Å². The average molecular weight is 275 g/mol. The predicted molar refractivity (Wildman–Crippen MR) is 72.9 cm³/mol. The van der Waals surface area contributed by atoms with Gasteiger partial charge in [-0.05, 0) is 29.8 Å². The third-order valence-corrected chi connectivity index (χ3v) is 2.72. The topological polar surface area (TPSA) is 61.5 Å². The molecule has 5 heteroatoms. The number of anilines is 1. The van der Waals surface area contributed by atoms with Gasteiger partial charge in [0.05, 0.1) is 7.11 Å². The quantitative estimate of drug-likeness (QED) is 0.688. The molecule has 0 atom stereocenters. The maximum atomic E-state index is 12.8. The Hall–Kier alpha value is -2.56. The Balaban J connectivity index is 2.17. The molecule has 0 aromatic heterocycles. The predicted octanol–water partition coefficient (Wildman–Crippen LogP) is 2.77. The molecule has 0 unspecified atom stereocenters. The number of esters is 1. The fraction of sp³-hybridized carbons (Fsp3) is 0.133. The maximum absolute atomic E-state index is 12.8. The monoisotopic (exact) mass is 275 g/mol. The van der Waals surface area contributed by atoms with Crippen LogP contribution >= 0.6 is 0 Å². The number of carbonyl (C=O) groups is 1. The van der Waals surface area contributed by atoms with Crippen LogP contribution in [0.4, 0.5) is 10.1 Å². The number of ether oxygens (including phenoxy) is 2. The van der Waals surface area contributed by atoms with E-state index in [1.54, 1.807) is 30.3 Å². The summed E-state index contributed by atoms with van der Waals surface area (Å²) >= 11 is 0. The molecule has 2 aromatic carbocycles. The molecule has 2 aromatic rings. The molecule has 4 nitrogen and oxygen atoms in total. The summed E-state index contributed by atoms with van der Waals surface area (Å²) in [5, 5.41) is 0. The molecule has 0 aliphatic carbocycles. The van der Waals surface area contributed by atoms with E-state index in [9.17, 15) is 9.18 Å². The summed E-state index contributed by atoms with van der Waals surface area (Å²) in [6, 6.07) is 10.6. The molecule has 0 heterocycles. The van der Waals surface area contributed by atoms with Gasteiger partial charge in [0.1, 0.15) is 23.7 Å². The van der Waals surface area contributed by atoms with Gasteiger partial charge in [0, 0.05) is 11.8 Å². The highest BCUT2D eigenvalue weighted by Crippen LogP contribution is 2.23. The average Bonchev–Trinajstić information content (AvgIpc) is 2.46. The van der Waals surface area contributed by atoms with Crippen molar-refractivity contribution >= 4 is 11.7 Å². The van der Waals surface area contributed by atoms with Crippen LogP contribution in [0.15, 0.2) is 42.5 Å². The van der Waals surface area contributed by atoms with Gasteiger partial charge in [0.15, 0.2) is 0 Å². The van der Waals surface area contributed by atoms with Crippen molar-refractivity contribution in [3.05, 3.63) is 59.4 Å². The minimum atomic E-state index is -0.501. The first-order valence-electron chi connectivity index (χ1n) is 5.95. The Labute approximate surface area is 115 Å². The molecule has 0 fully saturated rings. The molecule has 20 heavy (non-hydrogen) atoms. The Kier molecular flexibility index (Phi) is 4.20. The van der Waals surface area contributed by atoms with Crippen LogP contribution in [0.1, 0.15) is 15.9 Å². The highest BCUT2D eigenvalue weighted by Gasteiger charge is 2.13. The number of hydrogen-bond acceptors (Lipinski definition) is 4. The van der Waals surface area contributed by atoms with Gasteiger partial charge in [-0.25, -0.2) is 9.18 Å². The van der Waals surface area contributed by atoms with E-state index in [2.05, 4.69) is 4.74 Å². The first kappa shape index (κ1) is 13.9. The van der Waals surface area contributed by atoms with Crippen molar-refractivity contribution < 1.29 is 18.7 Å². The first-order valence-corrected chi connectivity index (χ1v) is 5.95. The Morgan fingerprint density at radius 2 is 1.90 bits per heavy atom. The summed E-state index contributed by atoms with van der Waals surface area (Å²) in [4.78, 5) is 11.6. The van der Waals surface area contributed by atoms with Gasteiger partial charge < -0.3 is 15.2 Å². The van der Waals surface area contributed by atoms with E-state index in [1.165, 1.54) is 19.2 Å². The van der Waals surface area contributed by atoms with Gasteiger partial charge in [0.25, 0.3) is 0 Å². The summed E-state index contributed by atoms with van der Waals surface area (Å²) in [7, 11) is 1.29. The van der Waals surface area contributed by atoms with Crippen LogP contribution in [-0.2, 0) is 11.3 Å². The number of nitrogen functional groups attached to an aromatic ring is 1. The van der Waals surface area contributed by atoms with Crippen molar-refractivity contribution in [2.45, 2.75) is 6.61 Å². The molecular weight excluding hydrogens is 261 g/mol. The lowest BCUT2D eigenvalue weighted by atomic mass is 10.2. The summed E-state index contributed by atoms with van der Waals surface area (Å²) in [6.45, 7) is 0.202. The Bertz CT molecular complexity index is 611. The van der Waals surface area contributed by atoms with E-state index >= 15 is 0 Å². The summed E-state index contributed by atoms with van der Waals surface area (Å²) in [5.41, 5.74) is 7.23. The minimum absolute atomic E-state index is 0.202. The normalized spacial score (nSPS) is 10.1. The SMILES string of the molecule is COC(=O)c1ccc(N)cc1OCc1ccc(F)cc1. The number of nitrogens with two attached hydrogens (primary N) is 1. The molecule has 0 spiro atoms. The second-order valence-electron chi connectivity index (χ2n) is 4.16. The molecule has 0 amide bonds. The lowest BCUT2D eigenvalue weighted by Gasteiger charge is -2.11. The molecule has 0 saturated heterocycles. The van der Waals surface area contributed by atoms with Gasteiger partial charge >= 0.3 is 5.97 Å². The maximum Gasteiger partial charge on any atom is 0.341 e. The lowest BCUT2D eigenvalue weighted by molar-refractivity contribution is 0.0595. The van der Waals surface area contributed by atoms with Crippen molar-refractivity contribution in [3.63, 3.8) is 0 Å². The molecule has 0 aliphatic heterocycles. The van der Waals surface area contributed by atoms with E-state index in [1.807, 2.05) is 0 Å². The molecule has 104 valence electrons. The lowest BCUT2D eigenvalue weighted by Crippen LogP contribution is -2.06. The molecule has 2 rings (SSSR count). The van der Waals surface area contributed by atoms with Crippen LogP contribution in [0.25, 0.3) is 0 Å². The van der Waals surface area contributed by atoms with E-state index in [4.69, 9.17) is 10.5 Å². The summed E-state index contributed by atoms with van der Waals surface area (Å²) in [5.74, 6) is -0.478. The zero-order chi connectivity index (χ0) is 14.5. The van der Waals surface area contributed by atoms with Crippen LogP contribution in [0, 0.1) is 5.82 Å². The third-order valence-electron chi connectivity index (χ3n) is 2.72. The van der Waals surface area contributed by atoms with Crippen molar-refractivity contribution in [2.75, 3.05) is 12.8 Å². The number of methoxy groups -OCH3 is 1. The molecule has 0 saturated carbocycles. The molecule has 0 bridgehead atoms. The summed E-state index contributed by atoms with van der Waals surface area (Å²) in [6.07, 6.45) is 0. The highest BCUT2D eigenvalue weighted by molar-refractivity contribution is 5.93. The zero-order valence-electron chi connectivity index (χ0n) is 10.9. The van der Waals surface area contributed by atoms with Gasteiger partial charge in [-0.1, -0.05) is 12.1 Å². The van der Waals surface area contributed by atoms with E-state index in [0.717, 1.165) is 5.56 Å². The van der Waals surface area contributed by atoms with Crippen molar-refractivity contribution in [1.29, 1.82) is 0 Å². The van der Waals surface area contributed by atoms with Crippen molar-refractivity contribution in [2.24, 2.45) is 0 Å². The molecular formula is C15H14FNO3. The number of carbonyl (C=O) groups excluding carboxylic acids is 1. The van der Waals surface area contributed by atoms with Crippen LogP contribution in [0.2, 0.25) is 0 Å². The number of benzene rings is 2. The zero-order valence-corrected chi connectivity index (χ0v) is 10.9. The standard InChI is InChI=1S/C15H14FNO3/c1-19-15(18)13-7-6-12(17)8-14(13)20-9-10-2-4-11(16)5-3-10/h2-8H,9,17H2,1H3. The number of rotatable bonds is 4. The van der Waals surface area contributed by atoms with E-state index < -0.39 is 5.97 Å². The third kappa shape index (κ3) is 3.26. The Morgan fingerprint density at radius 3 is 2.55 bits per heavy atom. The van der Waals surface area contributed by atoms with Gasteiger partial charge in [0.2, 0.25) is 0 Å². The Morgan fingerprint density at radius 1 is 1.20 bits per heavy atom. The molecule has 0 radical (unpaired) electrons. The van der Waals surface area contributed by atoms with Crippen LogP contribution in [0.3, 0.4) is 0 Å². The second-order valence-corrected chi connectivity index (χ2v) is 4.16. The van der Waals surface area contributed by atoms with E-state index in [0.29, 0.717) is 17.0 Å². The minimum Gasteiger partial charge on any atom is -0.488 e. The van der Waals surface area contributed by atoms with Crippen molar-refractivity contribution in [1.82, 2.24) is 0 Å². The van der Waals surface area contributed by atoms with Gasteiger partial charge in [-0.15, -0.1) is 0 Å². The number of halogens is 1. The molecule has 2 N–H and O–H groups in total. The summed E-state index contributed by atoms with van der Waals surface area (Å²) < 4.78 is 23.0. The van der Waals surface area contributed by atoms with Crippen LogP contribution in [-0.4, -0.2) is 13.1 Å². The van der Waals surface area contributed by atoms with Crippen molar-refractivity contribution in [3.8, 4) is 5.75 Å². The smallest absolute Gasteiger partial charge is 0.341 e. The van der Waals surface area contributed by atoms with Crippen LogP contribution in [0.5, 0.6) is 5.75 Å². The highest BCUT2D eigenvalue weighted by atomic mass is 19.1. The largest absolute Gasteiger partial charge is 0.488 e. The fourth-order valence-corrected chi connectivity index (χ4v) is 1.68. The second kappa shape index (κ2) is 6.06. The number of hydrogen-bond donors (Lipinski definition) is 1. The fourth-order valence-electron chi connectivity index (χ4n) is 1.68. The van der Waals surface area contributed by atoms with Gasteiger partial charge in [-0.2, -0.15) is 0 Å². The van der Waals surface area contributed by atoms with Gasteiger partial charge in [-0.3, -0.25) is 0 Å². The molecule has 0 aliphatic rings. The van der Waals surface area contributed by atoms with Crippen LogP contribution < -0.4 is 10.5 Å².